The van der Waals surface area contributed by atoms with E-state index in [4.69, 9.17) is 4.42 Å². The van der Waals surface area contributed by atoms with Gasteiger partial charge in [0.15, 0.2) is 5.76 Å². The first kappa shape index (κ1) is 14.1. The lowest BCUT2D eigenvalue weighted by molar-refractivity contribution is -0.137. The molecule has 0 aliphatic heterocycles. The zero-order valence-corrected chi connectivity index (χ0v) is 11.5. The van der Waals surface area contributed by atoms with Gasteiger partial charge in [0.05, 0.1) is 18.3 Å². The van der Waals surface area contributed by atoms with E-state index in [9.17, 15) is 13.2 Å². The number of alkyl halides is 3. The molecular weight excluding hydrogens is 325 g/mol. The van der Waals surface area contributed by atoms with E-state index in [1.165, 1.54) is 12.3 Å². The molecule has 1 aromatic heterocycles. The second-order valence-corrected chi connectivity index (χ2v) is 4.70. The summed E-state index contributed by atoms with van der Waals surface area (Å²) in [5, 5.41) is 2.85. The molecule has 1 N–H and O–H groups in total. The van der Waals surface area contributed by atoms with Crippen LogP contribution in [0.1, 0.15) is 11.5 Å². The van der Waals surface area contributed by atoms with Gasteiger partial charge >= 0.3 is 6.18 Å². The standard InChI is InChI=1S/C12H10BrF3N2O/c1-17-6-11-18-5-10(19-11)8-4-7(12(14,15)16)2-3-9(8)13/h2-5,17H,6H2,1H3. The van der Waals surface area contributed by atoms with Crippen LogP contribution in [0.15, 0.2) is 33.3 Å². The SMILES string of the molecule is CNCc1ncc(-c2cc(C(F)(F)F)ccc2Br)o1. The summed E-state index contributed by atoms with van der Waals surface area (Å²) in [5.41, 5.74) is -0.401. The molecule has 2 aromatic rings. The molecule has 1 aromatic carbocycles. The summed E-state index contributed by atoms with van der Waals surface area (Å²) in [7, 11) is 1.73. The Morgan fingerprint density at radius 1 is 1.37 bits per heavy atom. The average Bonchev–Trinajstić information content (AvgIpc) is 2.77. The van der Waals surface area contributed by atoms with Crippen LogP contribution < -0.4 is 5.32 Å². The van der Waals surface area contributed by atoms with Gasteiger partial charge in [0.1, 0.15) is 0 Å². The van der Waals surface area contributed by atoms with Crippen LogP contribution in [-0.2, 0) is 12.7 Å². The van der Waals surface area contributed by atoms with Crippen molar-refractivity contribution >= 4 is 15.9 Å². The second kappa shape index (κ2) is 5.34. The van der Waals surface area contributed by atoms with Crippen molar-refractivity contribution in [2.75, 3.05) is 7.05 Å². The highest BCUT2D eigenvalue weighted by molar-refractivity contribution is 9.10. The quantitative estimate of drug-likeness (QED) is 0.926. The number of oxazole rings is 1. The van der Waals surface area contributed by atoms with E-state index in [2.05, 4.69) is 26.2 Å². The van der Waals surface area contributed by atoms with E-state index in [0.29, 0.717) is 28.2 Å². The molecule has 0 aliphatic carbocycles. The van der Waals surface area contributed by atoms with Crippen LogP contribution >= 0.6 is 15.9 Å². The zero-order chi connectivity index (χ0) is 14.0. The Hall–Kier alpha value is -1.34. The first-order chi connectivity index (χ1) is 8.91. The highest BCUT2D eigenvalue weighted by Gasteiger charge is 2.31. The molecule has 2 rings (SSSR count). The van der Waals surface area contributed by atoms with Crippen LogP contribution in [0.2, 0.25) is 0 Å². The molecule has 0 fully saturated rings. The third-order valence-corrected chi connectivity index (χ3v) is 3.13. The predicted molar refractivity (Wildman–Crippen MR) is 67.4 cm³/mol. The fraction of sp³-hybridized carbons (Fsp3) is 0.250. The fourth-order valence-corrected chi connectivity index (χ4v) is 2.00. The maximum absolute atomic E-state index is 12.7. The smallest absolute Gasteiger partial charge is 0.416 e. The molecule has 0 unspecified atom stereocenters. The molecule has 0 bridgehead atoms. The van der Waals surface area contributed by atoms with Gasteiger partial charge in [0.2, 0.25) is 5.89 Å². The van der Waals surface area contributed by atoms with Crippen molar-refractivity contribution in [1.29, 1.82) is 0 Å². The summed E-state index contributed by atoms with van der Waals surface area (Å²) in [5.74, 6) is 0.713. The van der Waals surface area contributed by atoms with Crippen molar-refractivity contribution in [2.45, 2.75) is 12.7 Å². The summed E-state index contributed by atoms with van der Waals surface area (Å²) in [4.78, 5) is 3.98. The number of aromatic nitrogens is 1. The summed E-state index contributed by atoms with van der Waals surface area (Å²) in [6.45, 7) is 0.413. The van der Waals surface area contributed by atoms with Gasteiger partial charge in [-0.1, -0.05) is 15.9 Å². The van der Waals surface area contributed by atoms with Crippen molar-refractivity contribution in [3.05, 3.63) is 40.3 Å². The Balaban J connectivity index is 2.42. The highest BCUT2D eigenvalue weighted by Crippen LogP contribution is 2.36. The molecule has 102 valence electrons. The third-order valence-electron chi connectivity index (χ3n) is 2.44. The van der Waals surface area contributed by atoms with Crippen molar-refractivity contribution in [3.8, 4) is 11.3 Å². The normalized spacial score (nSPS) is 11.8. The van der Waals surface area contributed by atoms with Gasteiger partial charge in [-0.3, -0.25) is 0 Å². The molecule has 0 saturated carbocycles. The number of benzene rings is 1. The largest absolute Gasteiger partial charge is 0.439 e. The number of hydrogen-bond acceptors (Lipinski definition) is 3. The summed E-state index contributed by atoms with van der Waals surface area (Å²) in [6, 6.07) is 3.39. The Bertz CT molecular complexity index is 581. The Morgan fingerprint density at radius 2 is 2.11 bits per heavy atom. The second-order valence-electron chi connectivity index (χ2n) is 3.84. The van der Waals surface area contributed by atoms with Crippen LogP contribution in [0.3, 0.4) is 0 Å². The van der Waals surface area contributed by atoms with E-state index in [-0.39, 0.29) is 0 Å². The molecule has 0 aliphatic rings. The van der Waals surface area contributed by atoms with Gasteiger partial charge in [0.25, 0.3) is 0 Å². The molecule has 0 saturated heterocycles. The number of nitrogens with one attached hydrogen (secondary N) is 1. The van der Waals surface area contributed by atoms with Crippen molar-refractivity contribution in [2.24, 2.45) is 0 Å². The number of rotatable bonds is 3. The molecule has 7 heteroatoms. The Kier molecular flexibility index (Phi) is 3.96. The molecule has 0 amide bonds. The number of halogens is 4. The van der Waals surface area contributed by atoms with E-state index in [1.807, 2.05) is 0 Å². The van der Waals surface area contributed by atoms with Crippen molar-refractivity contribution < 1.29 is 17.6 Å². The van der Waals surface area contributed by atoms with Crippen molar-refractivity contribution in [1.82, 2.24) is 10.3 Å². The molecule has 0 atom stereocenters. The van der Waals surface area contributed by atoms with Crippen LogP contribution in [0.25, 0.3) is 11.3 Å². The number of hydrogen-bond donors (Lipinski definition) is 1. The Labute approximate surface area is 116 Å². The van der Waals surface area contributed by atoms with Gasteiger partial charge in [-0.15, -0.1) is 0 Å². The lowest BCUT2D eigenvalue weighted by Gasteiger charge is -2.08. The van der Waals surface area contributed by atoms with E-state index in [1.54, 1.807) is 7.05 Å². The van der Waals surface area contributed by atoms with Crippen LogP contribution in [-0.4, -0.2) is 12.0 Å². The first-order valence-corrected chi connectivity index (χ1v) is 6.17. The topological polar surface area (TPSA) is 38.1 Å². The minimum atomic E-state index is -4.39. The maximum Gasteiger partial charge on any atom is 0.416 e. The lowest BCUT2D eigenvalue weighted by Crippen LogP contribution is -2.05. The fourth-order valence-electron chi connectivity index (χ4n) is 1.56. The molecule has 19 heavy (non-hydrogen) atoms. The molecule has 1 heterocycles. The van der Waals surface area contributed by atoms with E-state index in [0.717, 1.165) is 12.1 Å². The molecule has 3 nitrogen and oxygen atoms in total. The van der Waals surface area contributed by atoms with Gasteiger partial charge < -0.3 is 9.73 Å². The van der Waals surface area contributed by atoms with Gasteiger partial charge in [-0.25, -0.2) is 4.98 Å². The lowest BCUT2D eigenvalue weighted by atomic mass is 10.1. The summed E-state index contributed by atoms with van der Waals surface area (Å²) < 4.78 is 43.9. The van der Waals surface area contributed by atoms with Crippen molar-refractivity contribution in [3.63, 3.8) is 0 Å². The minimum absolute atomic E-state index is 0.295. The Morgan fingerprint density at radius 3 is 2.74 bits per heavy atom. The van der Waals surface area contributed by atoms with Crippen LogP contribution in [0, 0.1) is 0 Å². The monoisotopic (exact) mass is 334 g/mol. The van der Waals surface area contributed by atoms with Crippen LogP contribution in [0.4, 0.5) is 13.2 Å². The average molecular weight is 335 g/mol. The predicted octanol–water partition coefficient (Wildman–Crippen LogP) is 3.84. The van der Waals surface area contributed by atoms with Gasteiger partial charge in [-0.05, 0) is 25.2 Å². The van der Waals surface area contributed by atoms with Crippen LogP contribution in [0.5, 0.6) is 0 Å². The first-order valence-electron chi connectivity index (χ1n) is 5.38. The van der Waals surface area contributed by atoms with E-state index >= 15 is 0 Å². The van der Waals surface area contributed by atoms with Gasteiger partial charge in [0, 0.05) is 10.0 Å². The molecule has 0 spiro atoms. The maximum atomic E-state index is 12.7. The summed E-state index contributed by atoms with van der Waals surface area (Å²) >= 11 is 3.21. The van der Waals surface area contributed by atoms with E-state index < -0.39 is 11.7 Å². The zero-order valence-electron chi connectivity index (χ0n) is 9.88. The minimum Gasteiger partial charge on any atom is -0.439 e. The number of nitrogens with zero attached hydrogens (tertiary/aromatic N) is 1. The van der Waals surface area contributed by atoms with Gasteiger partial charge in [-0.2, -0.15) is 13.2 Å². The molecular formula is C12H10BrF3N2O. The molecule has 0 radical (unpaired) electrons. The highest BCUT2D eigenvalue weighted by atomic mass is 79.9. The summed E-state index contributed by atoms with van der Waals surface area (Å²) in [6.07, 6.45) is -2.98. The third kappa shape index (κ3) is 3.16.